The van der Waals surface area contributed by atoms with Crippen LogP contribution in [0.1, 0.15) is 24.2 Å². The summed E-state index contributed by atoms with van der Waals surface area (Å²) in [6, 6.07) is 6.45. The van der Waals surface area contributed by atoms with E-state index >= 15 is 0 Å². The molecule has 1 rings (SSSR count). The van der Waals surface area contributed by atoms with Gasteiger partial charge in [0.05, 0.1) is 11.5 Å². The van der Waals surface area contributed by atoms with Crippen LogP contribution in [0, 0.1) is 11.8 Å². The number of nitrogens with zero attached hydrogens (tertiary/aromatic N) is 1. The third-order valence-electron chi connectivity index (χ3n) is 2.54. The van der Waals surface area contributed by atoms with Gasteiger partial charge in [0.25, 0.3) is 0 Å². The van der Waals surface area contributed by atoms with Gasteiger partial charge in [0.15, 0.2) is 5.84 Å². The van der Waals surface area contributed by atoms with Crippen molar-refractivity contribution >= 4 is 30.7 Å². The Bertz CT molecular complexity index is 483. The molecule has 0 saturated heterocycles. The topological polar surface area (TPSA) is 81.8 Å². The second kappa shape index (κ2) is 6.94. The first kappa shape index (κ1) is 15.2. The van der Waals surface area contributed by atoms with E-state index in [1.807, 2.05) is 13.8 Å². The molecule has 19 heavy (non-hydrogen) atoms. The van der Waals surface area contributed by atoms with E-state index in [4.69, 9.17) is 10.6 Å². The summed E-state index contributed by atoms with van der Waals surface area (Å²) in [7, 11) is 0. The van der Waals surface area contributed by atoms with E-state index in [-0.39, 0.29) is 11.8 Å². The summed E-state index contributed by atoms with van der Waals surface area (Å²) in [5.41, 5.74) is 5.94. The third kappa shape index (κ3) is 4.40. The molecule has 0 aliphatic carbocycles. The van der Waals surface area contributed by atoms with E-state index in [1.165, 1.54) is 0 Å². The van der Waals surface area contributed by atoms with Gasteiger partial charge < -0.3 is 15.4 Å². The van der Waals surface area contributed by atoms with Gasteiger partial charge in [0.1, 0.15) is 6.29 Å². The smallest absolute Gasteiger partial charge is 0.365 e. The zero-order valence-corrected chi connectivity index (χ0v) is 11.6. The standard InChI is InChI=1S/C13H16N2O3S/c1-8(2)11(7-16)12(14)15-18-13(17)9-3-5-10(19)6-4-9/h3-8,11,19H,1-2H3,(H2,14,15). The molecule has 0 aliphatic rings. The quantitative estimate of drug-likeness (QED) is 0.215. The van der Waals surface area contributed by atoms with Crippen LogP contribution in [-0.2, 0) is 9.63 Å². The van der Waals surface area contributed by atoms with Crippen molar-refractivity contribution in [3.8, 4) is 0 Å². The van der Waals surface area contributed by atoms with Crippen molar-refractivity contribution in [2.24, 2.45) is 22.7 Å². The average Bonchev–Trinajstić information content (AvgIpc) is 2.37. The number of carbonyl (C=O) groups is 2. The first-order valence-corrected chi connectivity index (χ1v) is 6.19. The Morgan fingerprint density at radius 3 is 2.42 bits per heavy atom. The Morgan fingerprint density at radius 2 is 1.95 bits per heavy atom. The van der Waals surface area contributed by atoms with Gasteiger partial charge in [-0.3, -0.25) is 0 Å². The van der Waals surface area contributed by atoms with Crippen molar-refractivity contribution in [3.63, 3.8) is 0 Å². The van der Waals surface area contributed by atoms with Crippen LogP contribution in [0.2, 0.25) is 0 Å². The predicted octanol–water partition coefficient (Wildman–Crippen LogP) is 1.88. The van der Waals surface area contributed by atoms with Crippen molar-refractivity contribution in [2.45, 2.75) is 18.7 Å². The van der Waals surface area contributed by atoms with Gasteiger partial charge in [-0.05, 0) is 30.2 Å². The van der Waals surface area contributed by atoms with Gasteiger partial charge in [-0.15, -0.1) is 12.6 Å². The minimum Gasteiger partial charge on any atom is -0.384 e. The maximum atomic E-state index is 11.6. The zero-order chi connectivity index (χ0) is 14.4. The monoisotopic (exact) mass is 280 g/mol. The third-order valence-corrected chi connectivity index (χ3v) is 2.84. The average molecular weight is 280 g/mol. The fourth-order valence-corrected chi connectivity index (χ4v) is 1.52. The van der Waals surface area contributed by atoms with Gasteiger partial charge in [0.2, 0.25) is 0 Å². The fraction of sp³-hybridized carbons (Fsp3) is 0.308. The Morgan fingerprint density at radius 1 is 1.37 bits per heavy atom. The molecule has 0 bridgehead atoms. The number of thiol groups is 1. The molecule has 5 nitrogen and oxygen atoms in total. The highest BCUT2D eigenvalue weighted by molar-refractivity contribution is 7.80. The van der Waals surface area contributed by atoms with Crippen molar-refractivity contribution < 1.29 is 14.4 Å². The second-order valence-electron chi connectivity index (χ2n) is 4.35. The number of carbonyl (C=O) groups excluding carboxylic acids is 2. The summed E-state index contributed by atoms with van der Waals surface area (Å²) < 4.78 is 0. The molecule has 1 aromatic rings. The molecule has 0 amide bonds. The van der Waals surface area contributed by atoms with Crippen LogP contribution in [0.3, 0.4) is 0 Å². The summed E-state index contributed by atoms with van der Waals surface area (Å²) in [5.74, 6) is -1.22. The number of aldehydes is 1. The number of benzene rings is 1. The minimum atomic E-state index is -0.635. The fourth-order valence-electron chi connectivity index (χ4n) is 1.37. The molecule has 2 N–H and O–H groups in total. The molecular formula is C13H16N2O3S. The zero-order valence-electron chi connectivity index (χ0n) is 10.7. The summed E-state index contributed by atoms with van der Waals surface area (Å²) in [6.07, 6.45) is 0.688. The van der Waals surface area contributed by atoms with Gasteiger partial charge in [-0.1, -0.05) is 19.0 Å². The maximum absolute atomic E-state index is 11.6. The first-order chi connectivity index (χ1) is 8.95. The summed E-state index contributed by atoms with van der Waals surface area (Å²) in [4.78, 5) is 27.9. The first-order valence-electron chi connectivity index (χ1n) is 5.74. The van der Waals surface area contributed by atoms with Crippen LogP contribution in [0.4, 0.5) is 0 Å². The highest BCUT2D eigenvalue weighted by Crippen LogP contribution is 2.10. The summed E-state index contributed by atoms with van der Waals surface area (Å²) >= 11 is 4.11. The Hall–Kier alpha value is -1.82. The van der Waals surface area contributed by atoms with Crippen molar-refractivity contribution in [1.29, 1.82) is 0 Å². The lowest BCUT2D eigenvalue weighted by Gasteiger charge is -2.12. The normalized spacial score (nSPS) is 13.2. The van der Waals surface area contributed by atoms with E-state index in [0.717, 1.165) is 4.90 Å². The van der Waals surface area contributed by atoms with E-state index in [1.54, 1.807) is 24.3 Å². The van der Waals surface area contributed by atoms with Gasteiger partial charge in [0, 0.05) is 4.90 Å². The SMILES string of the molecule is CC(C)C(C=O)/C(N)=N/OC(=O)c1ccc(S)cc1. The molecular weight excluding hydrogens is 264 g/mol. The van der Waals surface area contributed by atoms with E-state index in [2.05, 4.69) is 17.8 Å². The molecule has 0 heterocycles. The van der Waals surface area contributed by atoms with Gasteiger partial charge >= 0.3 is 5.97 Å². The Labute approximate surface area is 117 Å². The molecule has 1 unspecified atom stereocenters. The second-order valence-corrected chi connectivity index (χ2v) is 4.86. The van der Waals surface area contributed by atoms with E-state index in [0.29, 0.717) is 11.8 Å². The molecule has 6 heteroatoms. The Balaban J connectivity index is 2.72. The molecule has 1 atom stereocenters. The summed E-state index contributed by atoms with van der Waals surface area (Å²) in [5, 5.41) is 3.51. The largest absolute Gasteiger partial charge is 0.384 e. The number of hydrogen-bond acceptors (Lipinski definition) is 5. The van der Waals surface area contributed by atoms with E-state index < -0.39 is 11.9 Å². The molecule has 0 fully saturated rings. The van der Waals surface area contributed by atoms with Crippen molar-refractivity contribution in [1.82, 2.24) is 0 Å². The van der Waals surface area contributed by atoms with Crippen LogP contribution in [-0.4, -0.2) is 18.1 Å². The molecule has 0 aliphatic heterocycles. The molecule has 1 aromatic carbocycles. The van der Waals surface area contributed by atoms with Crippen molar-refractivity contribution in [2.75, 3.05) is 0 Å². The van der Waals surface area contributed by atoms with Crippen LogP contribution in [0.5, 0.6) is 0 Å². The Kier molecular flexibility index (Phi) is 5.57. The molecule has 102 valence electrons. The van der Waals surface area contributed by atoms with Crippen LogP contribution in [0.25, 0.3) is 0 Å². The summed E-state index contributed by atoms with van der Waals surface area (Å²) in [6.45, 7) is 3.66. The van der Waals surface area contributed by atoms with Gasteiger partial charge in [-0.2, -0.15) is 0 Å². The predicted molar refractivity (Wildman–Crippen MR) is 75.1 cm³/mol. The lowest BCUT2D eigenvalue weighted by molar-refractivity contribution is -0.110. The number of oxime groups is 1. The van der Waals surface area contributed by atoms with Crippen molar-refractivity contribution in [3.05, 3.63) is 29.8 Å². The van der Waals surface area contributed by atoms with Crippen LogP contribution in [0.15, 0.2) is 34.3 Å². The van der Waals surface area contributed by atoms with E-state index in [9.17, 15) is 9.59 Å². The maximum Gasteiger partial charge on any atom is 0.365 e. The molecule has 0 saturated carbocycles. The highest BCUT2D eigenvalue weighted by Gasteiger charge is 2.18. The number of nitrogens with two attached hydrogens (primary N) is 1. The minimum absolute atomic E-state index is 0.0100. The highest BCUT2D eigenvalue weighted by atomic mass is 32.1. The number of hydrogen-bond donors (Lipinski definition) is 2. The molecule has 0 spiro atoms. The van der Waals surface area contributed by atoms with Crippen LogP contribution < -0.4 is 5.73 Å². The number of rotatable bonds is 5. The van der Waals surface area contributed by atoms with Crippen LogP contribution >= 0.6 is 12.6 Å². The lowest BCUT2D eigenvalue weighted by atomic mass is 9.97. The lowest BCUT2D eigenvalue weighted by Crippen LogP contribution is -2.29. The van der Waals surface area contributed by atoms with Gasteiger partial charge in [-0.25, -0.2) is 4.79 Å². The number of amidine groups is 1. The molecule has 0 aromatic heterocycles. The molecule has 0 radical (unpaired) electrons.